The first-order valence-corrected chi connectivity index (χ1v) is 14.8. The molecule has 3 unspecified atom stereocenters. The Hall–Kier alpha value is -3.79. The van der Waals surface area contributed by atoms with Gasteiger partial charge in [-0.25, -0.2) is 4.79 Å². The van der Waals surface area contributed by atoms with Crippen molar-refractivity contribution in [2.75, 3.05) is 5.32 Å². The Kier molecular flexibility index (Phi) is 12.9. The van der Waals surface area contributed by atoms with Crippen LogP contribution in [0.4, 0.5) is 10.5 Å². The molecular formula is C32H45ClN4O6. The van der Waals surface area contributed by atoms with Crippen LogP contribution >= 0.6 is 11.6 Å². The van der Waals surface area contributed by atoms with E-state index in [9.17, 15) is 24.3 Å². The molecule has 2 rings (SSSR count). The van der Waals surface area contributed by atoms with Crippen LogP contribution in [0.3, 0.4) is 0 Å². The molecule has 0 fully saturated rings. The van der Waals surface area contributed by atoms with Crippen molar-refractivity contribution in [2.45, 2.75) is 97.9 Å². The van der Waals surface area contributed by atoms with Gasteiger partial charge in [-0.2, -0.15) is 0 Å². The summed E-state index contributed by atoms with van der Waals surface area (Å²) in [6.45, 7) is 12.8. The van der Waals surface area contributed by atoms with E-state index in [2.05, 4.69) is 24.5 Å². The Balaban J connectivity index is 2.68. The second-order valence-corrected chi connectivity index (χ2v) is 12.6. The van der Waals surface area contributed by atoms with Crippen LogP contribution in [0.5, 0.6) is 5.75 Å². The predicted octanol–water partition coefficient (Wildman–Crippen LogP) is 5.85. The largest absolute Gasteiger partial charge is 0.508 e. The second-order valence-electron chi connectivity index (χ2n) is 12.2. The highest BCUT2D eigenvalue weighted by Gasteiger charge is 2.39. The van der Waals surface area contributed by atoms with Gasteiger partial charge in [-0.3, -0.25) is 14.4 Å². The minimum atomic E-state index is -1.24. The van der Waals surface area contributed by atoms with Crippen LogP contribution in [0.15, 0.2) is 42.5 Å². The number of carbonyl (C=O) groups excluding carboxylic acids is 4. The summed E-state index contributed by atoms with van der Waals surface area (Å²) in [5.41, 5.74) is 6.01. The average molecular weight is 617 g/mol. The molecule has 10 nitrogen and oxygen atoms in total. The van der Waals surface area contributed by atoms with Gasteiger partial charge in [0.1, 0.15) is 23.4 Å². The quantitative estimate of drug-likeness (QED) is 0.222. The minimum Gasteiger partial charge on any atom is -0.508 e. The molecule has 0 spiro atoms. The lowest BCUT2D eigenvalue weighted by atomic mass is 9.96. The molecule has 0 radical (unpaired) electrons. The number of halogens is 1. The zero-order valence-corrected chi connectivity index (χ0v) is 26.8. The van der Waals surface area contributed by atoms with Crippen LogP contribution in [0, 0.1) is 12.8 Å². The van der Waals surface area contributed by atoms with E-state index in [-0.39, 0.29) is 18.6 Å². The third-order valence-electron chi connectivity index (χ3n) is 6.74. The molecule has 236 valence electrons. The Labute approximate surface area is 259 Å². The number of nitrogens with one attached hydrogen (secondary N) is 2. The van der Waals surface area contributed by atoms with E-state index in [0.717, 1.165) is 6.42 Å². The summed E-state index contributed by atoms with van der Waals surface area (Å²) in [6.07, 6.45) is 0.122. The summed E-state index contributed by atoms with van der Waals surface area (Å²) < 4.78 is 5.39. The van der Waals surface area contributed by atoms with Crippen molar-refractivity contribution in [3.05, 3.63) is 58.6 Å². The van der Waals surface area contributed by atoms with Crippen LogP contribution in [-0.2, 0) is 19.1 Å². The molecule has 0 aliphatic rings. The Bertz CT molecular complexity index is 1270. The highest BCUT2D eigenvalue weighted by atomic mass is 35.5. The summed E-state index contributed by atoms with van der Waals surface area (Å²) in [5.74, 6) is -1.62. The number of alkyl carbamates (subject to hydrolysis) is 1. The highest BCUT2D eigenvalue weighted by Crippen LogP contribution is 2.33. The van der Waals surface area contributed by atoms with Crippen LogP contribution in [0.1, 0.15) is 84.4 Å². The van der Waals surface area contributed by atoms with Gasteiger partial charge in [-0.15, -0.1) is 0 Å². The highest BCUT2D eigenvalue weighted by molar-refractivity contribution is 6.34. The maximum Gasteiger partial charge on any atom is 0.408 e. The number of hydrogen-bond donors (Lipinski definition) is 4. The van der Waals surface area contributed by atoms with Gasteiger partial charge in [0.2, 0.25) is 11.8 Å². The number of rotatable bonds is 13. The van der Waals surface area contributed by atoms with Crippen LogP contribution in [0.2, 0.25) is 5.02 Å². The first-order chi connectivity index (χ1) is 20.0. The van der Waals surface area contributed by atoms with Gasteiger partial charge in [-0.1, -0.05) is 49.7 Å². The first-order valence-electron chi connectivity index (χ1n) is 14.4. The fraction of sp³-hybridized carbons (Fsp3) is 0.500. The number of carbonyl (C=O) groups is 4. The summed E-state index contributed by atoms with van der Waals surface area (Å²) in [4.78, 5) is 54.6. The molecule has 0 aliphatic carbocycles. The number of anilines is 1. The van der Waals surface area contributed by atoms with E-state index in [4.69, 9.17) is 22.1 Å². The number of nitrogens with zero attached hydrogens (tertiary/aromatic N) is 1. The van der Waals surface area contributed by atoms with Gasteiger partial charge in [0, 0.05) is 12.5 Å². The second kappa shape index (κ2) is 15.6. The number of aromatic hydroxyl groups is 1. The Morgan fingerprint density at radius 2 is 1.67 bits per heavy atom. The lowest BCUT2D eigenvalue weighted by molar-refractivity contribution is -0.143. The summed E-state index contributed by atoms with van der Waals surface area (Å²) in [5, 5.41) is 16.1. The number of primary amides is 1. The normalized spacial score (nSPS) is 13.5. The summed E-state index contributed by atoms with van der Waals surface area (Å²) in [6, 6.07) is 8.31. The van der Waals surface area contributed by atoms with Gasteiger partial charge >= 0.3 is 6.09 Å². The molecule has 0 aliphatic heterocycles. The smallest absolute Gasteiger partial charge is 0.408 e. The molecule has 4 amide bonds. The maximum atomic E-state index is 14.5. The minimum absolute atomic E-state index is 0.0939. The van der Waals surface area contributed by atoms with Crippen molar-refractivity contribution in [1.29, 1.82) is 0 Å². The van der Waals surface area contributed by atoms with Crippen molar-refractivity contribution < 1.29 is 29.0 Å². The zero-order valence-electron chi connectivity index (χ0n) is 26.1. The van der Waals surface area contributed by atoms with E-state index in [0.29, 0.717) is 34.2 Å². The molecule has 0 aromatic heterocycles. The first kappa shape index (κ1) is 35.4. The molecule has 0 saturated heterocycles. The van der Waals surface area contributed by atoms with E-state index in [1.807, 2.05) is 6.92 Å². The lowest BCUT2D eigenvalue weighted by Crippen LogP contribution is -2.55. The third-order valence-corrected chi connectivity index (χ3v) is 7.06. The van der Waals surface area contributed by atoms with Gasteiger partial charge in [0.05, 0.1) is 10.7 Å². The number of para-hydroxylation sites is 1. The SMILES string of the molecule is Cc1cccc(Cl)c1NC(=O)C(c1cccc(O)c1)N(C(=O)C(CCC(N)=O)NC(=O)OC(C)(C)C)C(C)CCC(C)C. The lowest BCUT2D eigenvalue weighted by Gasteiger charge is -2.39. The van der Waals surface area contributed by atoms with Crippen LogP contribution < -0.4 is 16.4 Å². The molecule has 0 bridgehead atoms. The number of benzene rings is 2. The molecule has 0 heterocycles. The average Bonchev–Trinajstić information content (AvgIpc) is 2.88. The van der Waals surface area contributed by atoms with Gasteiger partial charge in [-0.05, 0) is 89.1 Å². The fourth-order valence-electron chi connectivity index (χ4n) is 4.60. The molecule has 11 heteroatoms. The molecule has 2 aromatic rings. The number of ether oxygens (including phenoxy) is 1. The summed E-state index contributed by atoms with van der Waals surface area (Å²) >= 11 is 6.43. The van der Waals surface area contributed by atoms with Crippen LogP contribution in [-0.4, -0.2) is 51.5 Å². The number of amides is 4. The Morgan fingerprint density at radius 3 is 2.23 bits per heavy atom. The van der Waals surface area contributed by atoms with Crippen LogP contribution in [0.25, 0.3) is 0 Å². The third kappa shape index (κ3) is 11.1. The van der Waals surface area contributed by atoms with Crippen molar-refractivity contribution >= 4 is 41.1 Å². The summed E-state index contributed by atoms with van der Waals surface area (Å²) in [7, 11) is 0. The zero-order chi connectivity index (χ0) is 32.5. The van der Waals surface area contributed by atoms with Crippen molar-refractivity contribution in [3.63, 3.8) is 0 Å². The molecular weight excluding hydrogens is 572 g/mol. The standard InChI is InChI=1S/C32H45ClN4O6/c1-19(2)14-15-21(4)37(30(41)25(16-17-26(34)39)35-31(42)43-32(5,6)7)28(22-11-9-12-23(38)18-22)29(40)36-27-20(3)10-8-13-24(27)33/h8-13,18-19,21,25,28,38H,14-17H2,1-7H3,(H2,34,39)(H,35,42)(H,36,40). The van der Waals surface area contributed by atoms with Gasteiger partial charge < -0.3 is 31.1 Å². The van der Waals surface area contributed by atoms with Crippen molar-refractivity contribution in [1.82, 2.24) is 10.2 Å². The maximum absolute atomic E-state index is 14.5. The van der Waals surface area contributed by atoms with Gasteiger partial charge in [0.25, 0.3) is 5.91 Å². The van der Waals surface area contributed by atoms with E-state index < -0.39 is 47.5 Å². The van der Waals surface area contributed by atoms with Gasteiger partial charge in [0.15, 0.2) is 0 Å². The predicted molar refractivity (Wildman–Crippen MR) is 168 cm³/mol. The molecule has 2 aromatic carbocycles. The molecule has 43 heavy (non-hydrogen) atoms. The fourth-order valence-corrected chi connectivity index (χ4v) is 4.87. The molecule has 3 atom stereocenters. The van der Waals surface area contributed by atoms with Crippen molar-refractivity contribution in [3.8, 4) is 5.75 Å². The number of phenols is 1. The number of nitrogens with two attached hydrogens (primary N) is 1. The van der Waals surface area contributed by atoms with E-state index in [1.165, 1.54) is 17.0 Å². The van der Waals surface area contributed by atoms with E-state index >= 15 is 0 Å². The topological polar surface area (TPSA) is 151 Å². The molecule has 5 N–H and O–H groups in total. The molecule has 0 saturated carbocycles. The number of phenolic OH excluding ortho intramolecular Hbond substituents is 1. The monoisotopic (exact) mass is 616 g/mol. The van der Waals surface area contributed by atoms with E-state index in [1.54, 1.807) is 58.0 Å². The number of aryl methyl sites for hydroxylation is 1. The van der Waals surface area contributed by atoms with Crippen molar-refractivity contribution in [2.24, 2.45) is 11.7 Å². The Morgan fingerprint density at radius 1 is 1.02 bits per heavy atom. The number of hydrogen-bond acceptors (Lipinski definition) is 6.